The molecule has 0 radical (unpaired) electrons. The van der Waals surface area contributed by atoms with Crippen LogP contribution in [0.25, 0.3) is 33.7 Å². The van der Waals surface area contributed by atoms with E-state index in [0.29, 0.717) is 50.0 Å². The molecule has 2 aromatic carbocycles. The molecular weight excluding hydrogens is 1020 g/mol. The van der Waals surface area contributed by atoms with E-state index in [1.807, 2.05) is 81.6 Å². The average molecular weight is 1050 g/mol. The molecule has 12 heteroatoms. The van der Waals surface area contributed by atoms with E-state index in [9.17, 15) is 15.6 Å². The Morgan fingerprint density at radius 2 is 1.76 bits per heavy atom. The summed E-state index contributed by atoms with van der Waals surface area (Å²) in [7, 11) is 0. The third-order valence-corrected chi connectivity index (χ3v) is 10.2. The number of hydrogen-bond donors (Lipinski definition) is 2. The monoisotopic (exact) mass is 1050 g/mol. The summed E-state index contributed by atoms with van der Waals surface area (Å²) in [5.74, 6) is 0.490. The van der Waals surface area contributed by atoms with E-state index in [-0.39, 0.29) is 42.4 Å². The molecule has 7 aromatic rings. The predicted molar refractivity (Wildman–Crippen MR) is 202 cm³/mol. The van der Waals surface area contributed by atoms with Crippen molar-refractivity contribution in [1.82, 2.24) is 10.1 Å². The average Bonchev–Trinajstić information content (AvgIpc) is 3.94. The molecule has 0 saturated heterocycles. The fourth-order valence-corrected chi connectivity index (χ4v) is 7.47. The molecule has 0 fully saturated rings. The van der Waals surface area contributed by atoms with Gasteiger partial charge in [0.15, 0.2) is 23.8 Å². The number of pyridine rings is 2. The number of nitrogens with zero attached hydrogens (tertiary/aromatic N) is 4. The van der Waals surface area contributed by atoms with Gasteiger partial charge in [-0.2, -0.15) is 27.2 Å². The summed E-state index contributed by atoms with van der Waals surface area (Å²) in [6.45, 7) is 0. The maximum atomic E-state index is 12.0. The summed E-state index contributed by atoms with van der Waals surface area (Å²) in [4.78, 5) is 4.13. The first-order chi connectivity index (χ1) is 23.9. The van der Waals surface area contributed by atoms with Crippen LogP contribution in [-0.4, -0.2) is 26.1 Å². The van der Waals surface area contributed by atoms with Crippen LogP contribution < -0.4 is 4.57 Å². The topological polar surface area (TPSA) is 106 Å². The Bertz CT molecular complexity index is 2280. The Morgan fingerprint density at radius 3 is 2.50 bits per heavy atom. The Labute approximate surface area is 339 Å². The fourth-order valence-electron chi connectivity index (χ4n) is 5.43. The molecule has 0 amide bonds. The molecule has 0 aliphatic rings. The second-order valence-corrected chi connectivity index (χ2v) is 14.2. The summed E-state index contributed by atoms with van der Waals surface area (Å²) >= 11 is 12.0. The Morgan fingerprint density at radius 1 is 0.940 bits per heavy atom. The van der Waals surface area contributed by atoms with Crippen LogP contribution in [0.5, 0.6) is 0 Å². The number of aliphatic hydroxyl groups excluding tert-OH is 2. The van der Waals surface area contributed by atoms with Gasteiger partial charge in [0.05, 0.1) is 16.7 Å². The van der Waals surface area contributed by atoms with E-state index in [1.165, 1.54) is 22.7 Å². The van der Waals surface area contributed by atoms with Crippen LogP contribution in [-0.2, 0) is 0 Å². The molecule has 7 nitrogen and oxygen atoms in total. The van der Waals surface area contributed by atoms with Gasteiger partial charge in [-0.25, -0.2) is 5.71 Å². The zero-order valence-electron chi connectivity index (χ0n) is 25.9. The van der Waals surface area contributed by atoms with Crippen LogP contribution in [0, 0.1) is 40.8 Å². The molecule has 0 spiro atoms. The summed E-state index contributed by atoms with van der Waals surface area (Å²) in [5.41, 5.74) is 5.73. The summed E-state index contributed by atoms with van der Waals surface area (Å²) < 4.78 is 8.74. The Kier molecular flexibility index (Phi) is 12.0. The molecule has 0 aliphatic heterocycles. The first kappa shape index (κ1) is 36.5. The van der Waals surface area contributed by atoms with E-state index in [0.717, 1.165) is 14.7 Å². The Balaban J connectivity index is 0.00000432. The van der Waals surface area contributed by atoms with Crippen LogP contribution in [0.15, 0.2) is 135 Å². The molecule has 5 aromatic heterocycles. The number of thiophene rings is 2. The molecular formula is C38H25ClIN4O3S2U+. The van der Waals surface area contributed by atoms with Crippen molar-refractivity contribution in [1.29, 1.82) is 0 Å². The van der Waals surface area contributed by atoms with Gasteiger partial charge in [0.1, 0.15) is 11.8 Å². The van der Waals surface area contributed by atoms with Gasteiger partial charge in [-0.05, 0) is 69.1 Å². The van der Waals surface area contributed by atoms with Crippen LogP contribution >= 0.6 is 56.9 Å². The van der Waals surface area contributed by atoms with E-state index in [2.05, 4.69) is 38.8 Å². The van der Waals surface area contributed by atoms with E-state index >= 15 is 0 Å². The minimum Gasteiger partial charge on any atom is -0.854 e. The Hall–Kier alpha value is -3.25. The van der Waals surface area contributed by atoms with Crippen LogP contribution in [0.3, 0.4) is 0 Å². The minimum absolute atomic E-state index is 0. The molecule has 0 saturated carbocycles. The number of aromatic nitrogens is 3. The second kappa shape index (κ2) is 16.4. The number of hydrogen-bond acceptors (Lipinski definition) is 7. The largest absolute Gasteiger partial charge is 2.00 e. The van der Waals surface area contributed by atoms with Crippen molar-refractivity contribution < 1.29 is 50.4 Å². The molecule has 2 N–H and O–H groups in total. The summed E-state index contributed by atoms with van der Waals surface area (Å²) in [6.07, 6.45) is 7.76. The zero-order chi connectivity index (χ0) is 33.9. The van der Waals surface area contributed by atoms with Gasteiger partial charge in [0.25, 0.3) is 0 Å². The van der Waals surface area contributed by atoms with Crippen molar-refractivity contribution in [2.24, 2.45) is 0 Å². The second-order valence-electron chi connectivity index (χ2n) is 11.0. The number of rotatable bonds is 10. The van der Waals surface area contributed by atoms with Crippen molar-refractivity contribution in [3.63, 3.8) is 0 Å². The number of aliphatic hydroxyl groups is 2. The van der Waals surface area contributed by atoms with Gasteiger partial charge in [-0.1, -0.05) is 58.7 Å². The summed E-state index contributed by atoms with van der Waals surface area (Å²) in [5, 5.41) is 47.1. The van der Waals surface area contributed by atoms with Crippen LogP contribution in [0.4, 0.5) is 0 Å². The van der Waals surface area contributed by atoms with Crippen molar-refractivity contribution in [3.05, 3.63) is 179 Å². The van der Waals surface area contributed by atoms with Gasteiger partial charge in [0, 0.05) is 49.7 Å². The first-order valence-electron chi connectivity index (χ1n) is 15.0. The van der Waals surface area contributed by atoms with Crippen molar-refractivity contribution >= 4 is 62.6 Å². The smallest absolute Gasteiger partial charge is 0.854 e. The number of benzene rings is 2. The SMILES string of the molecule is [N-]=C(C(=[C-]c1ccc(Cl)c(-[n+]2cccc(C(O)c3c(-c4ccsc4)noc3-c3cccc(I)c3)c2)c1)C(O)c1cccnc1)c1ccsc1.[U+2]. The normalized spacial score (nSPS) is 12.7. The quantitative estimate of drug-likeness (QED) is 0.0617. The van der Waals surface area contributed by atoms with Gasteiger partial charge < -0.3 is 20.1 Å². The van der Waals surface area contributed by atoms with Crippen molar-refractivity contribution in [2.75, 3.05) is 0 Å². The third kappa shape index (κ3) is 7.81. The van der Waals surface area contributed by atoms with Gasteiger partial charge >= 0.3 is 31.1 Å². The molecule has 5 heterocycles. The van der Waals surface area contributed by atoms with Crippen LogP contribution in [0.1, 0.15) is 40.0 Å². The van der Waals surface area contributed by atoms with Crippen LogP contribution in [0.2, 0.25) is 5.02 Å². The maximum absolute atomic E-state index is 12.0. The molecule has 244 valence electrons. The fraction of sp³-hybridized carbons (Fsp3) is 0.0526. The van der Waals surface area contributed by atoms with Gasteiger partial charge in [-0.3, -0.25) is 4.98 Å². The standard InChI is InChI=1S/C38H25ClIN4O3S2.U/c39-31-9-8-23(16-30(34(41)27-10-14-48-21-27)36(45)25-5-2-12-42-19-25)17-32(31)44-13-3-6-26(20-44)37(46)33-35(28-11-15-49-22-28)43-47-38(33)24-4-1-7-29(40)18-24;/h1-15,17-22,36-37,45-46H;/q-1;+2. The molecule has 0 aliphatic carbocycles. The minimum atomic E-state index is -1.19. The van der Waals surface area contributed by atoms with Gasteiger partial charge in [-0.15, -0.1) is 23.3 Å². The zero-order valence-corrected chi connectivity index (χ0v) is 34.7. The van der Waals surface area contributed by atoms with E-state index in [1.54, 1.807) is 48.1 Å². The molecule has 50 heavy (non-hydrogen) atoms. The molecule has 0 bridgehead atoms. The number of halogens is 2. The van der Waals surface area contributed by atoms with Crippen molar-refractivity contribution in [3.8, 4) is 28.3 Å². The molecule has 2 atom stereocenters. The van der Waals surface area contributed by atoms with Gasteiger partial charge in [0.2, 0.25) is 0 Å². The molecule has 2 unspecified atom stereocenters. The summed E-state index contributed by atoms with van der Waals surface area (Å²) in [6, 6.07) is 24.0. The van der Waals surface area contributed by atoms with E-state index < -0.39 is 12.2 Å². The predicted octanol–water partition coefficient (Wildman–Crippen LogP) is 9.01. The van der Waals surface area contributed by atoms with Crippen molar-refractivity contribution in [2.45, 2.75) is 12.2 Å². The first-order valence-corrected chi connectivity index (χ1v) is 18.3. The van der Waals surface area contributed by atoms with E-state index in [4.69, 9.17) is 16.1 Å². The molecule has 7 rings (SSSR count). The third-order valence-electron chi connectivity index (χ3n) is 7.85. The maximum Gasteiger partial charge on any atom is 2.00 e.